The Balaban J connectivity index is 5.20. The lowest BCUT2D eigenvalue weighted by Crippen LogP contribution is -2.30. The van der Waals surface area contributed by atoms with Gasteiger partial charge in [-0.25, -0.2) is 9.13 Å². The molecule has 3 N–H and O–H groups in total. The van der Waals surface area contributed by atoms with Crippen LogP contribution in [0.5, 0.6) is 0 Å². The number of carbonyl (C=O) groups excluding carboxylic acids is 4. The van der Waals surface area contributed by atoms with Crippen molar-refractivity contribution in [3.8, 4) is 0 Å². The van der Waals surface area contributed by atoms with Gasteiger partial charge in [0.1, 0.15) is 19.3 Å². The molecule has 0 aliphatic heterocycles. The third-order valence-corrected chi connectivity index (χ3v) is 19.4. The number of phosphoric acid groups is 2. The fourth-order valence-corrected chi connectivity index (χ4v) is 13.0. The second kappa shape index (κ2) is 68.0. The normalized spacial score (nSPS) is 14.2. The van der Waals surface area contributed by atoms with Gasteiger partial charge < -0.3 is 33.8 Å². The summed E-state index contributed by atoms with van der Waals surface area (Å²) >= 11 is 0. The van der Waals surface area contributed by atoms with Crippen LogP contribution in [0.25, 0.3) is 0 Å². The van der Waals surface area contributed by atoms with Gasteiger partial charge in [-0.1, -0.05) is 323 Å². The SMILES string of the molecule is CCCCCC/C=C\C=C/CCCCCCCC(=O)O[C@H](COC(=O)CCCCCCCCC(C)C)COP(=O)(O)OC[C@H](O)COP(=O)(O)OC[C@@H](COC(=O)CCCCCCCCCCCCCCCCCCCCC(C)C)OC(=O)CCCCCCCCCCCC(C)C. The van der Waals surface area contributed by atoms with E-state index in [9.17, 15) is 43.2 Å². The Bertz CT molecular complexity index is 1980. The molecule has 0 fully saturated rings. The number of hydrogen-bond acceptors (Lipinski definition) is 15. The highest BCUT2D eigenvalue weighted by Gasteiger charge is 2.30. The first-order chi connectivity index (χ1) is 46.7. The molecule has 0 radical (unpaired) electrons. The molecule has 0 aromatic heterocycles. The molecule has 0 saturated carbocycles. The molecular formula is C78H148O17P2. The van der Waals surface area contributed by atoms with Crippen molar-refractivity contribution in [2.45, 2.75) is 394 Å². The van der Waals surface area contributed by atoms with Crippen molar-refractivity contribution in [1.29, 1.82) is 0 Å². The molecule has 0 aromatic carbocycles. The fraction of sp³-hybridized carbons (Fsp3) is 0.897. The monoisotopic (exact) mass is 1420 g/mol. The van der Waals surface area contributed by atoms with Gasteiger partial charge in [0.15, 0.2) is 12.2 Å². The van der Waals surface area contributed by atoms with Crippen LogP contribution in [0.4, 0.5) is 0 Å². The van der Waals surface area contributed by atoms with E-state index in [0.717, 1.165) is 121 Å². The first-order valence-electron chi connectivity index (χ1n) is 39.7. The number of carbonyl (C=O) groups is 4. The minimum atomic E-state index is -4.96. The van der Waals surface area contributed by atoms with E-state index in [4.69, 9.17) is 37.0 Å². The molecule has 0 aliphatic carbocycles. The van der Waals surface area contributed by atoms with E-state index in [1.54, 1.807) is 0 Å². The van der Waals surface area contributed by atoms with E-state index in [1.165, 1.54) is 167 Å². The average molecular weight is 1420 g/mol. The molecule has 17 nitrogen and oxygen atoms in total. The Morgan fingerprint density at radius 3 is 0.835 bits per heavy atom. The lowest BCUT2D eigenvalue weighted by atomic mass is 10.0. The van der Waals surface area contributed by atoms with Crippen LogP contribution in [0.2, 0.25) is 0 Å². The third kappa shape index (κ3) is 71.7. The quantitative estimate of drug-likeness (QED) is 0.0169. The van der Waals surface area contributed by atoms with Gasteiger partial charge in [0.25, 0.3) is 0 Å². The molecule has 0 rings (SSSR count). The standard InChI is InChI=1S/C78H148O17P2/c1-8-9-10-11-12-13-14-15-20-25-28-33-38-47-54-61-77(82)95-74(66-89-76(81)60-53-46-41-40-44-51-58-71(6)7)68-93-97(86,87)91-64-72(79)63-90-96(84,85)92-67-73(94-78(83)62-55-48-39-34-29-31-36-43-50-57-70(4)5)65-88-75(80)59-52-45-37-32-27-24-22-19-17-16-18-21-23-26-30-35-42-49-56-69(2)3/h13-15,20,69-74,79H,8-12,16-19,21-68H2,1-7H3,(H,84,85)(H,86,87)/b14-13-,20-15-/t72-,73-,74-/m1/s1. The van der Waals surface area contributed by atoms with E-state index in [-0.39, 0.29) is 25.7 Å². The highest BCUT2D eigenvalue weighted by atomic mass is 31.2. The molecule has 0 amide bonds. The fourth-order valence-electron chi connectivity index (χ4n) is 11.4. The van der Waals surface area contributed by atoms with Crippen LogP contribution in [-0.4, -0.2) is 96.7 Å². The summed E-state index contributed by atoms with van der Waals surface area (Å²) in [4.78, 5) is 72.8. The highest BCUT2D eigenvalue weighted by Crippen LogP contribution is 2.45. The smallest absolute Gasteiger partial charge is 0.462 e. The Morgan fingerprint density at radius 2 is 0.557 bits per heavy atom. The van der Waals surface area contributed by atoms with E-state index in [1.807, 2.05) is 0 Å². The van der Waals surface area contributed by atoms with Crippen LogP contribution in [-0.2, 0) is 65.4 Å². The summed E-state index contributed by atoms with van der Waals surface area (Å²) in [5, 5.41) is 10.6. The molecule has 2 unspecified atom stereocenters. The summed E-state index contributed by atoms with van der Waals surface area (Å²) in [6, 6.07) is 0. The summed E-state index contributed by atoms with van der Waals surface area (Å²) in [6.07, 6.45) is 58.0. The number of allylic oxidation sites excluding steroid dienone is 4. The van der Waals surface area contributed by atoms with Gasteiger partial charge in [-0.2, -0.15) is 0 Å². The maximum absolute atomic E-state index is 13.1. The molecule has 0 aliphatic rings. The topological polar surface area (TPSA) is 237 Å². The summed E-state index contributed by atoms with van der Waals surface area (Å²) in [6.45, 7) is 11.8. The lowest BCUT2D eigenvalue weighted by molar-refractivity contribution is -0.161. The summed E-state index contributed by atoms with van der Waals surface area (Å²) < 4.78 is 68.5. The minimum Gasteiger partial charge on any atom is -0.462 e. The van der Waals surface area contributed by atoms with Crippen LogP contribution < -0.4 is 0 Å². The van der Waals surface area contributed by atoms with E-state index < -0.39 is 97.5 Å². The summed E-state index contributed by atoms with van der Waals surface area (Å²) in [5.74, 6) is 0.0827. The first-order valence-corrected chi connectivity index (χ1v) is 42.7. The van der Waals surface area contributed by atoms with Gasteiger partial charge in [0, 0.05) is 25.7 Å². The minimum absolute atomic E-state index is 0.0837. The van der Waals surface area contributed by atoms with Crippen molar-refractivity contribution < 1.29 is 80.2 Å². The molecule has 572 valence electrons. The maximum Gasteiger partial charge on any atom is 0.472 e. The van der Waals surface area contributed by atoms with Gasteiger partial charge in [0.05, 0.1) is 26.4 Å². The number of hydrogen-bond donors (Lipinski definition) is 3. The molecule has 19 heteroatoms. The second-order valence-electron chi connectivity index (χ2n) is 28.8. The van der Waals surface area contributed by atoms with Crippen molar-refractivity contribution in [3.05, 3.63) is 24.3 Å². The molecule has 0 bridgehead atoms. The molecule has 0 aromatic rings. The number of rotatable bonds is 74. The van der Waals surface area contributed by atoms with Gasteiger partial charge in [-0.3, -0.25) is 37.3 Å². The Morgan fingerprint density at radius 1 is 0.320 bits per heavy atom. The van der Waals surface area contributed by atoms with Crippen molar-refractivity contribution >= 4 is 39.5 Å². The van der Waals surface area contributed by atoms with Crippen LogP contribution >= 0.6 is 15.6 Å². The number of aliphatic hydroxyl groups excluding tert-OH is 1. The zero-order chi connectivity index (χ0) is 71.6. The largest absolute Gasteiger partial charge is 0.472 e. The second-order valence-corrected chi connectivity index (χ2v) is 31.7. The van der Waals surface area contributed by atoms with E-state index in [0.29, 0.717) is 31.6 Å². The predicted octanol–water partition coefficient (Wildman–Crippen LogP) is 22.5. The maximum atomic E-state index is 13.1. The van der Waals surface area contributed by atoms with E-state index >= 15 is 0 Å². The molecule has 97 heavy (non-hydrogen) atoms. The molecular weight excluding hydrogens is 1270 g/mol. The zero-order valence-electron chi connectivity index (χ0n) is 63.0. The molecule has 0 saturated heterocycles. The van der Waals surface area contributed by atoms with Crippen molar-refractivity contribution in [1.82, 2.24) is 0 Å². The number of aliphatic hydroxyl groups is 1. The lowest BCUT2D eigenvalue weighted by Gasteiger charge is -2.21. The van der Waals surface area contributed by atoms with Crippen molar-refractivity contribution in [2.24, 2.45) is 17.8 Å². The van der Waals surface area contributed by atoms with Gasteiger partial charge in [0.2, 0.25) is 0 Å². The number of ether oxygens (including phenoxy) is 4. The van der Waals surface area contributed by atoms with Crippen molar-refractivity contribution in [2.75, 3.05) is 39.6 Å². The molecule has 5 atom stereocenters. The van der Waals surface area contributed by atoms with Gasteiger partial charge in [-0.05, 0) is 69.1 Å². The summed E-state index contributed by atoms with van der Waals surface area (Å²) in [7, 11) is -9.93. The Hall–Kier alpha value is -2.46. The average Bonchev–Trinajstić information content (AvgIpc) is 1.22. The Labute approximate surface area is 592 Å². The number of phosphoric ester groups is 2. The number of unbranched alkanes of at least 4 members (excludes halogenated alkanes) is 39. The molecule has 0 spiro atoms. The molecule has 0 heterocycles. The van der Waals surface area contributed by atoms with E-state index in [2.05, 4.69) is 72.8 Å². The zero-order valence-corrected chi connectivity index (χ0v) is 64.8. The highest BCUT2D eigenvalue weighted by molar-refractivity contribution is 7.47. The van der Waals surface area contributed by atoms with Gasteiger partial charge >= 0.3 is 39.5 Å². The first kappa shape index (κ1) is 94.5. The van der Waals surface area contributed by atoms with Crippen LogP contribution in [0.1, 0.15) is 376 Å². The van der Waals surface area contributed by atoms with Crippen LogP contribution in [0, 0.1) is 17.8 Å². The Kier molecular flexibility index (Phi) is 66.3. The number of esters is 4. The van der Waals surface area contributed by atoms with Crippen LogP contribution in [0.3, 0.4) is 0 Å². The summed E-state index contributed by atoms with van der Waals surface area (Å²) in [5.41, 5.74) is 0. The van der Waals surface area contributed by atoms with Gasteiger partial charge in [-0.15, -0.1) is 0 Å². The third-order valence-electron chi connectivity index (χ3n) is 17.5. The van der Waals surface area contributed by atoms with Crippen molar-refractivity contribution in [3.63, 3.8) is 0 Å². The van der Waals surface area contributed by atoms with Crippen LogP contribution in [0.15, 0.2) is 24.3 Å². The predicted molar refractivity (Wildman–Crippen MR) is 395 cm³/mol.